The van der Waals surface area contributed by atoms with Gasteiger partial charge < -0.3 is 19.7 Å². The summed E-state index contributed by atoms with van der Waals surface area (Å²) in [5, 5.41) is 3.36. The van der Waals surface area contributed by atoms with Crippen molar-refractivity contribution in [1.82, 2.24) is 10.2 Å². The van der Waals surface area contributed by atoms with Crippen molar-refractivity contribution in [2.75, 3.05) is 33.4 Å². The van der Waals surface area contributed by atoms with Crippen molar-refractivity contribution in [1.29, 1.82) is 0 Å². The van der Waals surface area contributed by atoms with Gasteiger partial charge in [0.2, 0.25) is 0 Å². The maximum Gasteiger partial charge on any atom is 0.308 e. The first-order valence-electron chi connectivity index (χ1n) is 9.86. The molecule has 0 bridgehead atoms. The highest BCUT2D eigenvalue weighted by Gasteiger charge is 2.26. The molecule has 6 nitrogen and oxygen atoms in total. The molecule has 0 aliphatic carbocycles. The van der Waals surface area contributed by atoms with Crippen molar-refractivity contribution in [2.24, 2.45) is 16.8 Å². The van der Waals surface area contributed by atoms with Crippen LogP contribution in [-0.2, 0) is 16.1 Å². The number of esters is 1. The van der Waals surface area contributed by atoms with Crippen molar-refractivity contribution in [2.45, 2.75) is 40.2 Å². The number of benzene rings is 1. The van der Waals surface area contributed by atoms with Crippen LogP contribution in [0.15, 0.2) is 29.3 Å². The third kappa shape index (κ3) is 6.77. The van der Waals surface area contributed by atoms with Crippen LogP contribution in [0.25, 0.3) is 0 Å². The Morgan fingerprint density at radius 3 is 2.70 bits per heavy atom. The average molecular weight is 376 g/mol. The second kappa shape index (κ2) is 10.8. The molecule has 6 heteroatoms. The van der Waals surface area contributed by atoms with Gasteiger partial charge >= 0.3 is 5.97 Å². The SMILES string of the molecule is CCNC(=NCc1cccc(OCC(C)C)c1)N1CCC(C(=O)OC)CC1. The predicted octanol–water partition coefficient (Wildman–Crippen LogP) is 3.07. The Kier molecular flexibility index (Phi) is 8.43. The van der Waals surface area contributed by atoms with Crippen LogP contribution in [0.4, 0.5) is 0 Å². The molecule has 1 aliphatic heterocycles. The number of nitrogens with one attached hydrogen (secondary N) is 1. The summed E-state index contributed by atoms with van der Waals surface area (Å²) in [6.07, 6.45) is 1.60. The molecule has 1 N–H and O–H groups in total. The molecular weight excluding hydrogens is 342 g/mol. The minimum absolute atomic E-state index is 0.00362. The number of hydrogen-bond acceptors (Lipinski definition) is 4. The molecule has 27 heavy (non-hydrogen) atoms. The molecule has 2 rings (SSSR count). The summed E-state index contributed by atoms with van der Waals surface area (Å²) in [5.74, 6) is 2.19. The van der Waals surface area contributed by atoms with E-state index in [9.17, 15) is 4.79 Å². The van der Waals surface area contributed by atoms with Gasteiger partial charge in [-0.3, -0.25) is 4.79 Å². The van der Waals surface area contributed by atoms with Crippen LogP contribution in [0.5, 0.6) is 5.75 Å². The van der Waals surface area contributed by atoms with Crippen LogP contribution in [-0.4, -0.2) is 50.2 Å². The molecule has 0 radical (unpaired) electrons. The van der Waals surface area contributed by atoms with Crippen molar-refractivity contribution >= 4 is 11.9 Å². The van der Waals surface area contributed by atoms with Gasteiger partial charge in [0, 0.05) is 19.6 Å². The third-order valence-corrected chi connectivity index (χ3v) is 4.56. The minimum atomic E-state index is -0.102. The largest absolute Gasteiger partial charge is 0.493 e. The molecule has 0 spiro atoms. The van der Waals surface area contributed by atoms with Gasteiger partial charge in [0.25, 0.3) is 0 Å². The molecule has 1 fully saturated rings. The van der Waals surface area contributed by atoms with E-state index in [-0.39, 0.29) is 11.9 Å². The van der Waals surface area contributed by atoms with E-state index >= 15 is 0 Å². The lowest BCUT2D eigenvalue weighted by Gasteiger charge is -2.33. The van der Waals surface area contributed by atoms with Crippen LogP contribution in [0.1, 0.15) is 39.2 Å². The van der Waals surface area contributed by atoms with Crippen molar-refractivity contribution < 1.29 is 14.3 Å². The smallest absolute Gasteiger partial charge is 0.308 e. The number of carbonyl (C=O) groups excluding carboxylic acids is 1. The third-order valence-electron chi connectivity index (χ3n) is 4.56. The molecule has 150 valence electrons. The summed E-state index contributed by atoms with van der Waals surface area (Å²) >= 11 is 0. The zero-order valence-electron chi connectivity index (χ0n) is 17.0. The number of rotatable bonds is 7. The van der Waals surface area contributed by atoms with Crippen molar-refractivity contribution in [3.63, 3.8) is 0 Å². The normalized spacial score (nSPS) is 15.7. The number of nitrogens with zero attached hydrogens (tertiary/aromatic N) is 2. The molecule has 0 saturated carbocycles. The maximum absolute atomic E-state index is 11.7. The first kappa shape index (κ1) is 21.1. The predicted molar refractivity (Wildman–Crippen MR) is 108 cm³/mol. The van der Waals surface area contributed by atoms with E-state index in [4.69, 9.17) is 14.5 Å². The van der Waals surface area contributed by atoms with E-state index in [1.165, 1.54) is 7.11 Å². The van der Waals surface area contributed by atoms with E-state index in [1.54, 1.807) is 0 Å². The average Bonchev–Trinajstić information content (AvgIpc) is 2.69. The summed E-state index contributed by atoms with van der Waals surface area (Å²) in [7, 11) is 1.46. The monoisotopic (exact) mass is 375 g/mol. The Labute approximate surface area is 162 Å². The molecule has 1 aromatic carbocycles. The fourth-order valence-corrected chi connectivity index (χ4v) is 3.08. The van der Waals surface area contributed by atoms with E-state index in [0.717, 1.165) is 49.7 Å². The van der Waals surface area contributed by atoms with Gasteiger partial charge in [0.05, 0.1) is 26.2 Å². The number of guanidine groups is 1. The molecule has 1 heterocycles. The molecular formula is C21H33N3O3. The lowest BCUT2D eigenvalue weighted by Crippen LogP contribution is -2.46. The van der Waals surface area contributed by atoms with Gasteiger partial charge in [-0.25, -0.2) is 4.99 Å². The number of piperidine rings is 1. The van der Waals surface area contributed by atoms with Crippen LogP contribution in [0.2, 0.25) is 0 Å². The van der Waals surface area contributed by atoms with Crippen molar-refractivity contribution in [3.8, 4) is 5.75 Å². The van der Waals surface area contributed by atoms with E-state index in [1.807, 2.05) is 12.1 Å². The van der Waals surface area contributed by atoms with E-state index in [0.29, 0.717) is 19.1 Å². The first-order valence-corrected chi connectivity index (χ1v) is 9.86. The molecule has 0 atom stereocenters. The maximum atomic E-state index is 11.7. The topological polar surface area (TPSA) is 63.2 Å². The van der Waals surface area contributed by atoms with E-state index < -0.39 is 0 Å². The lowest BCUT2D eigenvalue weighted by atomic mass is 9.97. The number of ether oxygens (including phenoxy) is 2. The van der Waals surface area contributed by atoms with Gasteiger partial charge in [-0.05, 0) is 43.4 Å². The van der Waals surface area contributed by atoms with Crippen LogP contribution in [0, 0.1) is 11.8 Å². The van der Waals surface area contributed by atoms with Crippen LogP contribution in [0.3, 0.4) is 0 Å². The molecule has 0 amide bonds. The van der Waals surface area contributed by atoms with Crippen LogP contribution < -0.4 is 10.1 Å². The van der Waals surface area contributed by atoms with Crippen molar-refractivity contribution in [3.05, 3.63) is 29.8 Å². The summed E-state index contributed by atoms with van der Waals surface area (Å²) < 4.78 is 10.7. The molecule has 1 aromatic rings. The van der Waals surface area contributed by atoms with Gasteiger partial charge in [0.1, 0.15) is 5.75 Å². The summed E-state index contributed by atoms with van der Waals surface area (Å²) in [6, 6.07) is 8.12. The standard InChI is InChI=1S/C21H33N3O3/c1-5-22-21(24-11-9-18(10-12-24)20(25)26-4)23-14-17-7-6-8-19(13-17)27-15-16(2)3/h6-8,13,16,18H,5,9-12,14-15H2,1-4H3,(H,22,23). The van der Waals surface area contributed by atoms with E-state index in [2.05, 4.69) is 43.1 Å². The zero-order valence-corrected chi connectivity index (χ0v) is 17.0. The number of aliphatic imine (C=N–C) groups is 1. The van der Waals surface area contributed by atoms with Gasteiger partial charge in [-0.15, -0.1) is 0 Å². The number of carbonyl (C=O) groups is 1. The fourth-order valence-electron chi connectivity index (χ4n) is 3.08. The molecule has 1 aliphatic rings. The zero-order chi connectivity index (χ0) is 19.6. The van der Waals surface area contributed by atoms with Gasteiger partial charge in [-0.2, -0.15) is 0 Å². The quantitative estimate of drug-likeness (QED) is 0.451. The van der Waals surface area contributed by atoms with Gasteiger partial charge in [-0.1, -0.05) is 26.0 Å². The Bertz CT molecular complexity index is 623. The highest BCUT2D eigenvalue weighted by molar-refractivity contribution is 5.80. The Morgan fingerprint density at radius 2 is 2.07 bits per heavy atom. The summed E-state index contributed by atoms with van der Waals surface area (Å²) in [5.41, 5.74) is 1.12. The highest BCUT2D eigenvalue weighted by Crippen LogP contribution is 2.19. The molecule has 1 saturated heterocycles. The second-order valence-corrected chi connectivity index (χ2v) is 7.31. The Hall–Kier alpha value is -2.24. The highest BCUT2D eigenvalue weighted by atomic mass is 16.5. The summed E-state index contributed by atoms with van der Waals surface area (Å²) in [6.45, 7) is 10.1. The first-order chi connectivity index (χ1) is 13.0. The molecule has 0 unspecified atom stereocenters. The Morgan fingerprint density at radius 1 is 1.33 bits per heavy atom. The lowest BCUT2D eigenvalue weighted by molar-refractivity contribution is -0.146. The minimum Gasteiger partial charge on any atom is -0.493 e. The molecule has 0 aromatic heterocycles. The van der Waals surface area contributed by atoms with Crippen LogP contribution >= 0.6 is 0 Å². The Balaban J connectivity index is 1.97. The second-order valence-electron chi connectivity index (χ2n) is 7.31. The number of likely N-dealkylation sites (tertiary alicyclic amines) is 1. The summed E-state index contributed by atoms with van der Waals surface area (Å²) in [4.78, 5) is 18.7. The fraction of sp³-hybridized carbons (Fsp3) is 0.619. The number of methoxy groups -OCH3 is 1. The number of hydrogen-bond donors (Lipinski definition) is 1. The van der Waals surface area contributed by atoms with Gasteiger partial charge in [0.15, 0.2) is 5.96 Å².